The summed E-state index contributed by atoms with van der Waals surface area (Å²) in [6.45, 7) is 0. The van der Waals surface area contributed by atoms with E-state index in [1.54, 1.807) is 6.07 Å². The lowest BCUT2D eigenvalue weighted by molar-refractivity contribution is 1.38. The fourth-order valence-electron chi connectivity index (χ4n) is 1.73. The predicted molar refractivity (Wildman–Crippen MR) is 67.2 cm³/mol. The summed E-state index contributed by atoms with van der Waals surface area (Å²) in [5.41, 5.74) is 1.52. The van der Waals surface area contributed by atoms with Crippen LogP contribution >= 0.6 is 11.3 Å². The highest BCUT2D eigenvalue weighted by atomic mass is 32.1. The van der Waals surface area contributed by atoms with Crippen molar-refractivity contribution in [3.8, 4) is 16.6 Å². The lowest BCUT2D eigenvalue weighted by Gasteiger charge is -2.06. The van der Waals surface area contributed by atoms with Crippen LogP contribution in [0.5, 0.6) is 0 Å². The van der Waals surface area contributed by atoms with Crippen molar-refractivity contribution < 1.29 is 0 Å². The summed E-state index contributed by atoms with van der Waals surface area (Å²) in [5, 5.41) is 9.02. The van der Waals surface area contributed by atoms with Gasteiger partial charge in [0, 0.05) is 0 Å². The molecule has 0 spiro atoms. The van der Waals surface area contributed by atoms with Gasteiger partial charge in [0.2, 0.25) is 0 Å². The summed E-state index contributed by atoms with van der Waals surface area (Å²) in [6.07, 6.45) is 0. The molecule has 80 valence electrons. The van der Waals surface area contributed by atoms with Crippen LogP contribution in [0.1, 0.15) is 5.56 Å². The summed E-state index contributed by atoms with van der Waals surface area (Å²) < 4.78 is 0.974. The fraction of sp³-hybridized carbons (Fsp3) is 0. The van der Waals surface area contributed by atoms with Crippen molar-refractivity contribution in [1.29, 1.82) is 5.26 Å². The van der Waals surface area contributed by atoms with Crippen molar-refractivity contribution in [3.63, 3.8) is 0 Å². The van der Waals surface area contributed by atoms with Crippen LogP contribution < -0.4 is 5.43 Å². The smallest absolute Gasteiger partial charge is 0.197 e. The highest BCUT2D eigenvalue weighted by Gasteiger charge is 2.14. The molecule has 4 heteroatoms. The van der Waals surface area contributed by atoms with Gasteiger partial charge in [-0.2, -0.15) is 5.26 Å². The maximum Gasteiger partial charge on any atom is 0.197 e. The normalized spacial score (nSPS) is 10.5. The molecule has 0 saturated heterocycles. The molecule has 0 N–H and O–H groups in total. The van der Waals surface area contributed by atoms with E-state index in [1.807, 2.05) is 30.3 Å². The van der Waals surface area contributed by atoms with E-state index in [0.717, 1.165) is 10.2 Å². The third-order valence-electron chi connectivity index (χ3n) is 2.53. The Labute approximate surface area is 101 Å². The molecule has 3 rings (SSSR count). The Kier molecular flexibility index (Phi) is 2.13. The Morgan fingerprint density at radius 3 is 2.82 bits per heavy atom. The van der Waals surface area contributed by atoms with E-state index in [0.29, 0.717) is 10.6 Å². The molecule has 1 aliphatic heterocycles. The summed E-state index contributed by atoms with van der Waals surface area (Å²) in [6, 6.07) is 12.7. The maximum absolute atomic E-state index is 11.6. The Balaban J connectivity index is 2.54. The first-order valence-electron chi connectivity index (χ1n) is 5.02. The van der Waals surface area contributed by atoms with Gasteiger partial charge in [-0.05, 0) is 24.3 Å². The summed E-state index contributed by atoms with van der Waals surface area (Å²) in [5.74, 6) is 0. The second-order valence-electron chi connectivity index (χ2n) is 3.58. The van der Waals surface area contributed by atoms with Gasteiger partial charge in [-0.25, -0.2) is 4.98 Å². The zero-order chi connectivity index (χ0) is 11.8. The number of nitriles is 1. The standard InChI is InChI=1S/C13H6N2OS/c14-7-8-11(16)6-5-10-13(8)17-12-4-2-1-3-9(12)15-10/h1-6H. The molecular weight excluding hydrogens is 232 g/mol. The topological polar surface area (TPSA) is 53.8 Å². The first kappa shape index (κ1) is 9.94. The SMILES string of the molecule is N#Cc1c2sc3ccccc3nc-2ccc1=O. The first-order chi connectivity index (χ1) is 8.29. The monoisotopic (exact) mass is 238 g/mol. The van der Waals surface area contributed by atoms with Gasteiger partial charge in [-0.1, -0.05) is 12.1 Å². The van der Waals surface area contributed by atoms with Gasteiger partial charge in [0.15, 0.2) is 5.43 Å². The van der Waals surface area contributed by atoms with Crippen molar-refractivity contribution in [1.82, 2.24) is 4.98 Å². The van der Waals surface area contributed by atoms with E-state index in [2.05, 4.69) is 4.98 Å². The van der Waals surface area contributed by atoms with Crippen LogP contribution in [0.25, 0.3) is 20.8 Å². The van der Waals surface area contributed by atoms with Crippen molar-refractivity contribution >= 4 is 21.6 Å². The fourth-order valence-corrected chi connectivity index (χ4v) is 2.78. The largest absolute Gasteiger partial charge is 0.288 e. The van der Waals surface area contributed by atoms with Crippen molar-refractivity contribution in [2.24, 2.45) is 0 Å². The Morgan fingerprint density at radius 2 is 2.00 bits per heavy atom. The van der Waals surface area contributed by atoms with Crippen LogP contribution in [0.15, 0.2) is 41.2 Å². The molecule has 1 aliphatic carbocycles. The maximum atomic E-state index is 11.6. The van der Waals surface area contributed by atoms with Crippen LogP contribution in [-0.4, -0.2) is 4.98 Å². The van der Waals surface area contributed by atoms with Crippen molar-refractivity contribution in [3.05, 3.63) is 52.2 Å². The number of hydrogen-bond acceptors (Lipinski definition) is 4. The number of benzene rings is 2. The molecule has 1 heterocycles. The molecule has 2 aliphatic rings. The molecule has 0 amide bonds. The molecule has 1 aromatic carbocycles. The number of hydrogen-bond donors (Lipinski definition) is 0. The van der Waals surface area contributed by atoms with Gasteiger partial charge in [-0.3, -0.25) is 4.79 Å². The minimum Gasteiger partial charge on any atom is -0.288 e. The summed E-state index contributed by atoms with van der Waals surface area (Å²) >= 11 is 1.43. The Bertz CT molecular complexity index is 785. The quantitative estimate of drug-likeness (QED) is 0.566. The van der Waals surface area contributed by atoms with Crippen LogP contribution in [0.4, 0.5) is 0 Å². The molecule has 0 bridgehead atoms. The number of para-hydroxylation sites is 1. The lowest BCUT2D eigenvalue weighted by Crippen LogP contribution is -2.06. The van der Waals surface area contributed by atoms with Crippen LogP contribution in [-0.2, 0) is 0 Å². The van der Waals surface area contributed by atoms with Gasteiger partial charge in [0.05, 0.1) is 20.8 Å². The minimum absolute atomic E-state index is 0.186. The number of nitrogens with zero attached hydrogens (tertiary/aromatic N) is 2. The average Bonchev–Trinajstić information content (AvgIpc) is 2.36. The summed E-state index contributed by atoms with van der Waals surface area (Å²) in [7, 11) is 0. The number of fused-ring (bicyclic) bond motifs is 2. The number of rotatable bonds is 0. The predicted octanol–water partition coefficient (Wildman–Crippen LogP) is 2.63. The second-order valence-corrected chi connectivity index (χ2v) is 4.63. The Morgan fingerprint density at radius 1 is 1.18 bits per heavy atom. The highest BCUT2D eigenvalue weighted by molar-refractivity contribution is 7.21. The van der Waals surface area contributed by atoms with E-state index in [4.69, 9.17) is 5.26 Å². The van der Waals surface area contributed by atoms with Crippen LogP contribution in [0.2, 0.25) is 0 Å². The third-order valence-corrected chi connectivity index (χ3v) is 3.71. The first-order valence-corrected chi connectivity index (χ1v) is 5.84. The van der Waals surface area contributed by atoms with E-state index >= 15 is 0 Å². The van der Waals surface area contributed by atoms with Gasteiger partial charge >= 0.3 is 0 Å². The van der Waals surface area contributed by atoms with Gasteiger partial charge in [0.25, 0.3) is 0 Å². The summed E-state index contributed by atoms with van der Waals surface area (Å²) in [4.78, 5) is 16.7. The molecule has 0 atom stereocenters. The third kappa shape index (κ3) is 1.49. The lowest BCUT2D eigenvalue weighted by atomic mass is 10.1. The molecule has 0 fully saturated rings. The molecule has 3 nitrogen and oxygen atoms in total. The zero-order valence-corrected chi connectivity index (χ0v) is 9.49. The molecular formula is C13H6N2OS. The van der Waals surface area contributed by atoms with E-state index in [-0.39, 0.29) is 11.0 Å². The second kappa shape index (κ2) is 3.65. The van der Waals surface area contributed by atoms with E-state index in [1.165, 1.54) is 17.4 Å². The van der Waals surface area contributed by atoms with Crippen molar-refractivity contribution in [2.75, 3.05) is 0 Å². The van der Waals surface area contributed by atoms with Gasteiger partial charge in [-0.15, -0.1) is 11.3 Å². The van der Waals surface area contributed by atoms with E-state index < -0.39 is 0 Å². The Hall–Kier alpha value is -2.25. The van der Waals surface area contributed by atoms with Gasteiger partial charge < -0.3 is 0 Å². The van der Waals surface area contributed by atoms with Crippen LogP contribution in [0.3, 0.4) is 0 Å². The molecule has 1 aromatic rings. The van der Waals surface area contributed by atoms with Crippen LogP contribution in [0, 0.1) is 11.3 Å². The molecule has 0 radical (unpaired) electrons. The molecule has 17 heavy (non-hydrogen) atoms. The van der Waals surface area contributed by atoms with Crippen molar-refractivity contribution in [2.45, 2.75) is 0 Å². The molecule has 0 aromatic heterocycles. The average molecular weight is 238 g/mol. The highest BCUT2D eigenvalue weighted by Crippen LogP contribution is 2.31. The van der Waals surface area contributed by atoms with E-state index in [9.17, 15) is 4.79 Å². The minimum atomic E-state index is -0.242. The number of aromatic nitrogens is 1. The molecule has 0 saturated carbocycles. The molecule has 0 unspecified atom stereocenters. The zero-order valence-electron chi connectivity index (χ0n) is 8.68. The van der Waals surface area contributed by atoms with Gasteiger partial charge in [0.1, 0.15) is 11.6 Å².